The van der Waals surface area contributed by atoms with E-state index >= 15 is 0 Å². The largest absolute Gasteiger partial charge is 0.441 e. The summed E-state index contributed by atoms with van der Waals surface area (Å²) in [6.07, 6.45) is 5.91. The number of amides is 2. The minimum atomic E-state index is -0.221. The van der Waals surface area contributed by atoms with Crippen LogP contribution in [-0.4, -0.2) is 79.4 Å². The molecule has 2 heterocycles. The van der Waals surface area contributed by atoms with Crippen molar-refractivity contribution in [3.05, 3.63) is 0 Å². The van der Waals surface area contributed by atoms with Crippen LogP contribution in [0.3, 0.4) is 0 Å². The van der Waals surface area contributed by atoms with Crippen LogP contribution in [0.4, 0.5) is 4.79 Å². The van der Waals surface area contributed by atoms with Gasteiger partial charge < -0.3 is 24.6 Å². The van der Waals surface area contributed by atoms with Gasteiger partial charge in [0.05, 0.1) is 25.3 Å². The summed E-state index contributed by atoms with van der Waals surface area (Å²) in [5.41, 5.74) is 0. The summed E-state index contributed by atoms with van der Waals surface area (Å²) in [6.45, 7) is 6.91. The fourth-order valence-corrected chi connectivity index (χ4v) is 5.62. The van der Waals surface area contributed by atoms with Crippen molar-refractivity contribution in [3.63, 3.8) is 0 Å². The summed E-state index contributed by atoms with van der Waals surface area (Å²) in [4.78, 5) is 30.2. The third-order valence-corrected chi connectivity index (χ3v) is 7.46. The molecule has 29 heavy (non-hydrogen) atoms. The van der Waals surface area contributed by atoms with E-state index in [1.165, 1.54) is 0 Å². The van der Waals surface area contributed by atoms with E-state index in [0.717, 1.165) is 45.1 Å². The van der Waals surface area contributed by atoms with Crippen LogP contribution < -0.4 is 5.32 Å². The number of piperazine rings is 1. The molecule has 164 valence electrons. The van der Waals surface area contributed by atoms with Crippen LogP contribution >= 0.6 is 0 Å². The lowest BCUT2D eigenvalue weighted by atomic mass is 9.72. The Morgan fingerprint density at radius 3 is 2.52 bits per heavy atom. The standard InChI is InChI=1S/C22H37N3O4/c1-4-15(10-23-3)17-7-8-19-20(9-17)24(22(27)29-18-12-28-13-18)11-14(2)25(19)21(26)16-5-6-16/h14-20,23H,4-13H2,1-3H3. The van der Waals surface area contributed by atoms with Gasteiger partial charge in [0.25, 0.3) is 0 Å². The molecule has 2 saturated heterocycles. The van der Waals surface area contributed by atoms with Crippen LogP contribution in [0.25, 0.3) is 0 Å². The minimum Gasteiger partial charge on any atom is -0.441 e. The molecule has 2 saturated carbocycles. The summed E-state index contributed by atoms with van der Waals surface area (Å²) in [7, 11) is 2.01. The maximum Gasteiger partial charge on any atom is 0.410 e. The fourth-order valence-electron chi connectivity index (χ4n) is 5.62. The van der Waals surface area contributed by atoms with Gasteiger partial charge in [-0.05, 0) is 64.5 Å². The molecule has 7 nitrogen and oxygen atoms in total. The molecule has 1 N–H and O–H groups in total. The molecule has 4 aliphatic rings. The van der Waals surface area contributed by atoms with E-state index in [2.05, 4.69) is 24.1 Å². The van der Waals surface area contributed by atoms with Crippen LogP contribution in [-0.2, 0) is 14.3 Å². The van der Waals surface area contributed by atoms with Gasteiger partial charge in [-0.3, -0.25) is 4.79 Å². The van der Waals surface area contributed by atoms with Crippen LogP contribution in [0, 0.1) is 17.8 Å². The Hall–Kier alpha value is -1.34. The molecule has 7 heteroatoms. The van der Waals surface area contributed by atoms with Gasteiger partial charge in [0.15, 0.2) is 6.10 Å². The maximum atomic E-state index is 13.1. The number of hydrogen-bond acceptors (Lipinski definition) is 5. The normalized spacial score (nSPS) is 33.6. The Morgan fingerprint density at radius 1 is 1.17 bits per heavy atom. The molecule has 4 rings (SSSR count). The van der Waals surface area contributed by atoms with Crippen LogP contribution in [0.2, 0.25) is 0 Å². The minimum absolute atomic E-state index is 0.0466. The van der Waals surface area contributed by atoms with E-state index < -0.39 is 0 Å². The summed E-state index contributed by atoms with van der Waals surface area (Å²) in [5, 5.41) is 3.34. The number of nitrogens with one attached hydrogen (secondary N) is 1. The average Bonchev–Trinajstić information content (AvgIpc) is 3.52. The van der Waals surface area contributed by atoms with Crippen molar-refractivity contribution in [2.45, 2.75) is 76.6 Å². The van der Waals surface area contributed by atoms with E-state index in [9.17, 15) is 9.59 Å². The Labute approximate surface area is 174 Å². The lowest BCUT2D eigenvalue weighted by molar-refractivity contribution is -0.149. The second kappa shape index (κ2) is 8.80. The maximum absolute atomic E-state index is 13.1. The molecule has 4 fully saturated rings. The molecular formula is C22H37N3O4. The van der Waals surface area contributed by atoms with Crippen molar-refractivity contribution < 1.29 is 19.1 Å². The van der Waals surface area contributed by atoms with Crippen molar-refractivity contribution in [3.8, 4) is 0 Å². The van der Waals surface area contributed by atoms with Gasteiger partial charge in [0, 0.05) is 18.5 Å². The fraction of sp³-hybridized carbons (Fsp3) is 0.909. The number of nitrogens with zero attached hydrogens (tertiary/aromatic N) is 2. The number of hydrogen-bond donors (Lipinski definition) is 1. The molecule has 0 aromatic rings. The van der Waals surface area contributed by atoms with Crippen molar-refractivity contribution >= 4 is 12.0 Å². The van der Waals surface area contributed by atoms with Gasteiger partial charge in [-0.1, -0.05) is 13.3 Å². The highest BCUT2D eigenvalue weighted by Gasteiger charge is 2.50. The van der Waals surface area contributed by atoms with E-state index in [4.69, 9.17) is 9.47 Å². The predicted molar refractivity (Wildman–Crippen MR) is 109 cm³/mol. The zero-order valence-electron chi connectivity index (χ0n) is 18.1. The monoisotopic (exact) mass is 407 g/mol. The third-order valence-electron chi connectivity index (χ3n) is 7.46. The Morgan fingerprint density at radius 2 is 1.93 bits per heavy atom. The molecule has 0 radical (unpaired) electrons. The van der Waals surface area contributed by atoms with Gasteiger partial charge in [-0.25, -0.2) is 4.79 Å². The molecule has 0 spiro atoms. The summed E-state index contributed by atoms with van der Waals surface area (Å²) in [6, 6.07) is 0.234. The first kappa shape index (κ1) is 20.9. The van der Waals surface area contributed by atoms with Crippen LogP contribution in [0.15, 0.2) is 0 Å². The second-order valence-electron chi connectivity index (χ2n) is 9.50. The Balaban J connectivity index is 1.53. The Bertz CT molecular complexity index is 607. The number of carbonyl (C=O) groups excluding carboxylic acids is 2. The highest BCUT2D eigenvalue weighted by Crippen LogP contribution is 2.42. The zero-order chi connectivity index (χ0) is 20.5. The molecule has 2 aliphatic heterocycles. The molecule has 5 unspecified atom stereocenters. The number of carbonyl (C=O) groups is 2. The Kier molecular flexibility index (Phi) is 6.35. The molecule has 0 aromatic heterocycles. The quantitative estimate of drug-likeness (QED) is 0.731. The molecule has 0 bridgehead atoms. The number of ether oxygens (including phenoxy) is 2. The molecular weight excluding hydrogens is 370 g/mol. The van der Waals surface area contributed by atoms with E-state index in [1.807, 2.05) is 11.9 Å². The zero-order valence-corrected chi connectivity index (χ0v) is 18.1. The lowest BCUT2D eigenvalue weighted by Crippen LogP contribution is -2.68. The summed E-state index contributed by atoms with van der Waals surface area (Å²) < 4.78 is 10.9. The highest BCUT2D eigenvalue weighted by molar-refractivity contribution is 5.82. The first-order chi connectivity index (χ1) is 14.0. The van der Waals surface area contributed by atoms with Gasteiger partial charge in [-0.2, -0.15) is 0 Å². The summed E-state index contributed by atoms with van der Waals surface area (Å²) >= 11 is 0. The third kappa shape index (κ3) is 4.26. The topological polar surface area (TPSA) is 71.1 Å². The van der Waals surface area contributed by atoms with Crippen LogP contribution in [0.5, 0.6) is 0 Å². The van der Waals surface area contributed by atoms with Gasteiger partial charge in [0.2, 0.25) is 5.91 Å². The van der Waals surface area contributed by atoms with E-state index in [1.54, 1.807) is 0 Å². The SMILES string of the molecule is CCC(CNC)C1CCC2C(C1)N(C(=O)OC1COC1)CC(C)N2C(=O)C1CC1. The average molecular weight is 408 g/mol. The molecule has 2 amide bonds. The van der Waals surface area contributed by atoms with Gasteiger partial charge in [-0.15, -0.1) is 0 Å². The smallest absolute Gasteiger partial charge is 0.410 e. The first-order valence-electron chi connectivity index (χ1n) is 11.5. The predicted octanol–water partition coefficient (Wildman–Crippen LogP) is 2.25. The molecule has 5 atom stereocenters. The number of rotatable bonds is 6. The van der Waals surface area contributed by atoms with Crippen molar-refractivity contribution in [1.29, 1.82) is 0 Å². The highest BCUT2D eigenvalue weighted by atomic mass is 16.6. The van der Waals surface area contributed by atoms with Crippen LogP contribution in [0.1, 0.15) is 52.4 Å². The lowest BCUT2D eigenvalue weighted by Gasteiger charge is -2.54. The van der Waals surface area contributed by atoms with E-state index in [-0.39, 0.29) is 36.2 Å². The van der Waals surface area contributed by atoms with E-state index in [0.29, 0.717) is 37.5 Å². The van der Waals surface area contributed by atoms with Crippen molar-refractivity contribution in [2.24, 2.45) is 17.8 Å². The molecule has 0 aromatic carbocycles. The summed E-state index contributed by atoms with van der Waals surface area (Å²) in [5.74, 6) is 1.70. The molecule has 2 aliphatic carbocycles. The number of fused-ring (bicyclic) bond motifs is 1. The second-order valence-corrected chi connectivity index (χ2v) is 9.50. The van der Waals surface area contributed by atoms with Gasteiger partial charge >= 0.3 is 6.09 Å². The van der Waals surface area contributed by atoms with Crippen molar-refractivity contribution in [2.75, 3.05) is 33.4 Å². The first-order valence-corrected chi connectivity index (χ1v) is 11.5. The van der Waals surface area contributed by atoms with Gasteiger partial charge in [0.1, 0.15) is 0 Å². The van der Waals surface area contributed by atoms with Crippen molar-refractivity contribution in [1.82, 2.24) is 15.1 Å².